The van der Waals surface area contributed by atoms with Gasteiger partial charge in [-0.3, -0.25) is 0 Å². The Hall–Kier alpha value is -1.16. The first-order valence-electron chi connectivity index (χ1n) is 6.66. The summed E-state index contributed by atoms with van der Waals surface area (Å²) in [5.74, 6) is 0.799. The zero-order valence-electron chi connectivity index (χ0n) is 11.3. The van der Waals surface area contributed by atoms with Gasteiger partial charge in [0.2, 0.25) is 0 Å². The number of nitrogens with zero attached hydrogens (tertiary/aromatic N) is 1. The molecule has 1 unspecified atom stereocenters. The van der Waals surface area contributed by atoms with Crippen molar-refractivity contribution in [3.8, 4) is 0 Å². The van der Waals surface area contributed by atoms with Crippen LogP contribution in [0.1, 0.15) is 51.5 Å². The molecule has 0 amide bonds. The van der Waals surface area contributed by atoms with Crippen molar-refractivity contribution in [3.63, 3.8) is 0 Å². The van der Waals surface area contributed by atoms with Crippen LogP contribution < -0.4 is 11.1 Å². The number of hydrogen-bond donors (Lipinski definition) is 2. The van der Waals surface area contributed by atoms with E-state index in [4.69, 9.17) is 18.0 Å². The van der Waals surface area contributed by atoms with Crippen molar-refractivity contribution >= 4 is 23.0 Å². The number of thiocarbonyl (C=S) groups is 1. The normalized spacial score (nSPS) is 12.1. The third-order valence-corrected chi connectivity index (χ3v) is 3.17. The third kappa shape index (κ3) is 5.00. The Bertz CT molecular complexity index is 379. The molecular weight excluding hydrogens is 242 g/mol. The van der Waals surface area contributed by atoms with E-state index in [1.807, 2.05) is 12.1 Å². The summed E-state index contributed by atoms with van der Waals surface area (Å²) in [6.45, 7) is 4.40. The quantitative estimate of drug-likeness (QED) is 0.558. The van der Waals surface area contributed by atoms with Gasteiger partial charge in [-0.15, -0.1) is 0 Å². The van der Waals surface area contributed by atoms with Crippen LogP contribution in [-0.4, -0.2) is 16.0 Å². The lowest BCUT2D eigenvalue weighted by atomic mass is 10.1. The highest BCUT2D eigenvalue weighted by molar-refractivity contribution is 7.80. The molecule has 0 fully saturated rings. The molecule has 0 aromatic carbocycles. The molecule has 1 rings (SSSR count). The smallest absolute Gasteiger partial charge is 0.136 e. The highest BCUT2D eigenvalue weighted by Crippen LogP contribution is 2.15. The highest BCUT2D eigenvalue weighted by atomic mass is 32.1. The maximum atomic E-state index is 5.68. The first-order valence-corrected chi connectivity index (χ1v) is 7.07. The minimum Gasteiger partial charge on any atom is -0.389 e. The molecule has 0 aliphatic carbocycles. The minimum absolute atomic E-state index is 0.392. The molecule has 0 spiro atoms. The topological polar surface area (TPSA) is 50.9 Å². The van der Waals surface area contributed by atoms with E-state index in [9.17, 15) is 0 Å². The monoisotopic (exact) mass is 265 g/mol. The molecule has 4 heteroatoms. The fourth-order valence-corrected chi connectivity index (χ4v) is 2.07. The standard InChI is InChI=1S/C14H23N3S/c1-3-4-5-6-8-11(2)17-14-12(13(15)18)9-7-10-16-14/h7,9-11H,3-6,8H2,1-2H3,(H2,15,18)(H,16,17). The molecule has 0 saturated carbocycles. The summed E-state index contributed by atoms with van der Waals surface area (Å²) < 4.78 is 0. The van der Waals surface area contributed by atoms with Crippen LogP contribution in [-0.2, 0) is 0 Å². The van der Waals surface area contributed by atoms with Gasteiger partial charge in [0, 0.05) is 12.2 Å². The fraction of sp³-hybridized carbons (Fsp3) is 0.571. The Morgan fingerprint density at radius 1 is 1.44 bits per heavy atom. The zero-order valence-corrected chi connectivity index (χ0v) is 12.1. The summed E-state index contributed by atoms with van der Waals surface area (Å²) in [6.07, 6.45) is 8.04. The number of anilines is 1. The summed E-state index contributed by atoms with van der Waals surface area (Å²) >= 11 is 5.02. The first kappa shape index (κ1) is 14.9. The van der Waals surface area contributed by atoms with E-state index in [0.29, 0.717) is 11.0 Å². The second kappa shape index (κ2) is 8.03. The Morgan fingerprint density at radius 2 is 2.22 bits per heavy atom. The summed E-state index contributed by atoms with van der Waals surface area (Å²) in [5.41, 5.74) is 6.51. The number of unbranched alkanes of at least 4 members (excludes halogenated alkanes) is 3. The first-order chi connectivity index (χ1) is 8.65. The minimum atomic E-state index is 0.392. The molecule has 1 aromatic rings. The predicted molar refractivity (Wildman–Crippen MR) is 82.0 cm³/mol. The molecule has 1 atom stereocenters. The van der Waals surface area contributed by atoms with Crippen molar-refractivity contribution in [2.45, 2.75) is 52.0 Å². The predicted octanol–water partition coefficient (Wildman–Crippen LogP) is 3.49. The van der Waals surface area contributed by atoms with Gasteiger partial charge in [-0.2, -0.15) is 0 Å². The second-order valence-electron chi connectivity index (χ2n) is 4.66. The van der Waals surface area contributed by atoms with Crippen molar-refractivity contribution in [3.05, 3.63) is 23.9 Å². The second-order valence-corrected chi connectivity index (χ2v) is 5.10. The number of rotatable bonds is 8. The van der Waals surface area contributed by atoms with Gasteiger partial charge in [0.15, 0.2) is 0 Å². The maximum Gasteiger partial charge on any atom is 0.136 e. The largest absolute Gasteiger partial charge is 0.389 e. The van der Waals surface area contributed by atoms with Gasteiger partial charge >= 0.3 is 0 Å². The molecule has 1 aromatic heterocycles. The summed E-state index contributed by atoms with van der Waals surface area (Å²) in [4.78, 5) is 4.70. The molecule has 100 valence electrons. The SMILES string of the molecule is CCCCCCC(C)Nc1ncccc1C(N)=S. The van der Waals surface area contributed by atoms with E-state index in [0.717, 1.165) is 17.8 Å². The Balaban J connectivity index is 2.48. The van der Waals surface area contributed by atoms with Crippen molar-refractivity contribution < 1.29 is 0 Å². The van der Waals surface area contributed by atoms with Crippen LogP contribution in [0.2, 0.25) is 0 Å². The lowest BCUT2D eigenvalue weighted by Crippen LogP contribution is -2.20. The van der Waals surface area contributed by atoms with Gasteiger partial charge in [0.05, 0.1) is 5.56 Å². The average molecular weight is 265 g/mol. The number of hydrogen-bond acceptors (Lipinski definition) is 3. The van der Waals surface area contributed by atoms with Gasteiger partial charge in [0.25, 0.3) is 0 Å². The van der Waals surface area contributed by atoms with Crippen LogP contribution in [0, 0.1) is 0 Å². The van der Waals surface area contributed by atoms with Gasteiger partial charge < -0.3 is 11.1 Å². The summed E-state index contributed by atoms with van der Waals surface area (Å²) in [5, 5.41) is 3.39. The van der Waals surface area contributed by atoms with E-state index in [1.54, 1.807) is 6.20 Å². The zero-order chi connectivity index (χ0) is 13.4. The van der Waals surface area contributed by atoms with E-state index in [2.05, 4.69) is 24.1 Å². The third-order valence-electron chi connectivity index (χ3n) is 2.95. The number of pyridine rings is 1. The van der Waals surface area contributed by atoms with Crippen molar-refractivity contribution in [1.82, 2.24) is 4.98 Å². The molecule has 0 radical (unpaired) electrons. The van der Waals surface area contributed by atoms with E-state index in [1.165, 1.54) is 25.7 Å². The van der Waals surface area contributed by atoms with Crippen molar-refractivity contribution in [2.24, 2.45) is 5.73 Å². The van der Waals surface area contributed by atoms with Crippen molar-refractivity contribution in [1.29, 1.82) is 0 Å². The molecular formula is C14H23N3S. The molecule has 0 bridgehead atoms. The fourth-order valence-electron chi connectivity index (χ4n) is 1.90. The number of nitrogens with two attached hydrogens (primary N) is 1. The van der Waals surface area contributed by atoms with Crippen LogP contribution in [0.5, 0.6) is 0 Å². The van der Waals surface area contributed by atoms with E-state index in [-0.39, 0.29) is 0 Å². The van der Waals surface area contributed by atoms with E-state index >= 15 is 0 Å². The molecule has 1 heterocycles. The van der Waals surface area contributed by atoms with Gasteiger partial charge in [0.1, 0.15) is 10.8 Å². The van der Waals surface area contributed by atoms with Gasteiger partial charge in [-0.1, -0.05) is 44.8 Å². The molecule has 18 heavy (non-hydrogen) atoms. The Morgan fingerprint density at radius 3 is 2.89 bits per heavy atom. The number of aromatic nitrogens is 1. The molecule has 0 aliphatic rings. The van der Waals surface area contributed by atoms with Crippen LogP contribution in [0.15, 0.2) is 18.3 Å². The lowest BCUT2D eigenvalue weighted by molar-refractivity contribution is 0.593. The Kier molecular flexibility index (Phi) is 6.65. The maximum absolute atomic E-state index is 5.68. The van der Waals surface area contributed by atoms with Crippen LogP contribution in [0.25, 0.3) is 0 Å². The summed E-state index contributed by atoms with van der Waals surface area (Å²) in [7, 11) is 0. The van der Waals surface area contributed by atoms with Crippen LogP contribution in [0.3, 0.4) is 0 Å². The molecule has 0 aliphatic heterocycles. The van der Waals surface area contributed by atoms with Gasteiger partial charge in [-0.25, -0.2) is 4.98 Å². The molecule has 3 nitrogen and oxygen atoms in total. The molecule has 3 N–H and O–H groups in total. The van der Waals surface area contributed by atoms with E-state index < -0.39 is 0 Å². The van der Waals surface area contributed by atoms with Crippen LogP contribution >= 0.6 is 12.2 Å². The number of nitrogens with one attached hydrogen (secondary N) is 1. The molecule has 0 saturated heterocycles. The van der Waals surface area contributed by atoms with Crippen LogP contribution in [0.4, 0.5) is 5.82 Å². The summed E-state index contributed by atoms with van der Waals surface area (Å²) in [6, 6.07) is 4.15. The van der Waals surface area contributed by atoms with Crippen molar-refractivity contribution in [2.75, 3.05) is 5.32 Å². The lowest BCUT2D eigenvalue weighted by Gasteiger charge is -2.16. The van der Waals surface area contributed by atoms with Gasteiger partial charge in [-0.05, 0) is 25.5 Å². The average Bonchev–Trinajstić information content (AvgIpc) is 2.35. The Labute approximate surface area is 115 Å². The highest BCUT2D eigenvalue weighted by Gasteiger charge is 2.08.